The van der Waals surface area contributed by atoms with Gasteiger partial charge >= 0.3 is 5.69 Å². The van der Waals surface area contributed by atoms with Crippen molar-refractivity contribution in [2.75, 3.05) is 26.3 Å². The predicted octanol–water partition coefficient (Wildman–Crippen LogP) is 2.59. The molecule has 1 aromatic heterocycles. The van der Waals surface area contributed by atoms with E-state index < -0.39 is 0 Å². The van der Waals surface area contributed by atoms with E-state index in [4.69, 9.17) is 4.74 Å². The fourth-order valence-corrected chi connectivity index (χ4v) is 4.24. The summed E-state index contributed by atoms with van der Waals surface area (Å²) in [4.78, 5) is 17.6. The summed E-state index contributed by atoms with van der Waals surface area (Å²) in [5.41, 5.74) is 1.67. The van der Waals surface area contributed by atoms with Crippen molar-refractivity contribution in [3.8, 4) is 0 Å². The molecule has 6 heteroatoms. The minimum Gasteiger partial charge on any atom is -0.381 e. The van der Waals surface area contributed by atoms with E-state index in [-0.39, 0.29) is 17.5 Å². The molecule has 2 aromatic rings. The van der Waals surface area contributed by atoms with E-state index in [0.717, 1.165) is 57.6 Å². The van der Waals surface area contributed by atoms with Crippen LogP contribution in [-0.2, 0) is 4.74 Å². The number of aromatic nitrogens is 2. The van der Waals surface area contributed by atoms with E-state index in [9.17, 15) is 9.18 Å². The fourth-order valence-electron chi connectivity index (χ4n) is 4.24. The minimum absolute atomic E-state index is 0.142. The van der Waals surface area contributed by atoms with E-state index in [1.54, 1.807) is 4.57 Å². The highest BCUT2D eigenvalue weighted by molar-refractivity contribution is 5.77. The number of hydrogen-bond acceptors (Lipinski definition) is 3. The highest BCUT2D eigenvalue weighted by Gasteiger charge is 2.28. The van der Waals surface area contributed by atoms with Crippen LogP contribution in [0.15, 0.2) is 16.9 Å². The zero-order valence-electron chi connectivity index (χ0n) is 14.1. The van der Waals surface area contributed by atoms with Crippen LogP contribution in [0.25, 0.3) is 11.0 Å². The third-order valence-corrected chi connectivity index (χ3v) is 5.50. The molecule has 0 saturated carbocycles. The van der Waals surface area contributed by atoms with Gasteiger partial charge in [0, 0.05) is 38.4 Å². The summed E-state index contributed by atoms with van der Waals surface area (Å²) in [6, 6.07) is 4.12. The van der Waals surface area contributed by atoms with Crippen LogP contribution in [0.4, 0.5) is 4.39 Å². The summed E-state index contributed by atoms with van der Waals surface area (Å²) < 4.78 is 21.3. The fraction of sp³-hybridized carbons (Fsp3) is 0.611. The number of likely N-dealkylation sites (tertiary alicyclic amines) is 1. The molecular weight excluding hydrogens is 308 g/mol. The first-order valence-electron chi connectivity index (χ1n) is 8.85. The zero-order valence-corrected chi connectivity index (χ0v) is 14.1. The van der Waals surface area contributed by atoms with Crippen molar-refractivity contribution >= 4 is 11.0 Å². The Morgan fingerprint density at radius 2 is 1.83 bits per heavy atom. The zero-order chi connectivity index (χ0) is 16.7. The van der Waals surface area contributed by atoms with Gasteiger partial charge in [-0.05, 0) is 50.3 Å². The first-order valence-corrected chi connectivity index (χ1v) is 8.85. The molecule has 1 aromatic carbocycles. The van der Waals surface area contributed by atoms with Crippen molar-refractivity contribution < 1.29 is 9.13 Å². The lowest BCUT2D eigenvalue weighted by Gasteiger charge is -2.39. The van der Waals surface area contributed by atoms with Gasteiger partial charge in [0.05, 0.1) is 5.52 Å². The van der Waals surface area contributed by atoms with E-state index in [0.29, 0.717) is 17.1 Å². The Hall–Kier alpha value is -1.66. The number of benzene rings is 1. The Labute approximate surface area is 140 Å². The lowest BCUT2D eigenvalue weighted by Crippen LogP contribution is -2.45. The Kier molecular flexibility index (Phi) is 4.18. The molecule has 0 radical (unpaired) electrons. The molecule has 0 aliphatic carbocycles. The molecule has 0 atom stereocenters. The van der Waals surface area contributed by atoms with Gasteiger partial charge in [-0.15, -0.1) is 0 Å². The van der Waals surface area contributed by atoms with Crippen LogP contribution in [0.3, 0.4) is 0 Å². The van der Waals surface area contributed by atoms with Crippen molar-refractivity contribution in [1.82, 2.24) is 14.5 Å². The Balaban J connectivity index is 1.56. The second-order valence-corrected chi connectivity index (χ2v) is 7.05. The van der Waals surface area contributed by atoms with Crippen molar-refractivity contribution in [3.05, 3.63) is 34.0 Å². The Morgan fingerprint density at radius 3 is 2.54 bits per heavy atom. The third-order valence-electron chi connectivity index (χ3n) is 5.50. The number of imidazole rings is 1. The van der Waals surface area contributed by atoms with Gasteiger partial charge in [-0.3, -0.25) is 4.57 Å². The maximum Gasteiger partial charge on any atom is 0.326 e. The van der Waals surface area contributed by atoms with Crippen LogP contribution in [0.2, 0.25) is 0 Å². The summed E-state index contributed by atoms with van der Waals surface area (Å²) in [5.74, 6) is -0.347. The van der Waals surface area contributed by atoms with Crippen LogP contribution in [0, 0.1) is 12.7 Å². The molecule has 130 valence electrons. The number of piperidine rings is 1. The molecule has 2 aliphatic heterocycles. The van der Waals surface area contributed by atoms with Gasteiger partial charge in [-0.25, -0.2) is 9.18 Å². The van der Waals surface area contributed by atoms with Crippen molar-refractivity contribution in [1.29, 1.82) is 0 Å². The molecule has 0 bridgehead atoms. The van der Waals surface area contributed by atoms with Crippen LogP contribution in [-0.4, -0.2) is 46.8 Å². The monoisotopic (exact) mass is 332 g/mol. The third kappa shape index (κ3) is 2.78. The molecule has 0 spiro atoms. The average molecular weight is 332 g/mol. The lowest BCUT2D eigenvalue weighted by molar-refractivity contribution is 0.0220. The molecule has 3 heterocycles. The van der Waals surface area contributed by atoms with Gasteiger partial charge in [-0.1, -0.05) is 0 Å². The van der Waals surface area contributed by atoms with E-state index >= 15 is 0 Å². The Morgan fingerprint density at radius 1 is 1.12 bits per heavy atom. The number of halogens is 1. The number of ether oxygens (including phenoxy) is 1. The van der Waals surface area contributed by atoms with Gasteiger partial charge < -0.3 is 14.6 Å². The second kappa shape index (κ2) is 6.33. The first-order chi connectivity index (χ1) is 11.6. The van der Waals surface area contributed by atoms with Crippen molar-refractivity contribution in [2.24, 2.45) is 0 Å². The molecular formula is C18H24FN3O2. The number of nitrogens with zero attached hydrogens (tertiary/aromatic N) is 2. The smallest absolute Gasteiger partial charge is 0.326 e. The summed E-state index contributed by atoms with van der Waals surface area (Å²) in [6.45, 7) is 5.54. The number of rotatable bonds is 2. The molecule has 1 N–H and O–H groups in total. The number of hydrogen-bond donors (Lipinski definition) is 1. The van der Waals surface area contributed by atoms with Crippen LogP contribution >= 0.6 is 0 Å². The average Bonchev–Trinajstić information content (AvgIpc) is 2.92. The molecule has 2 saturated heterocycles. The van der Waals surface area contributed by atoms with E-state index in [2.05, 4.69) is 9.88 Å². The SMILES string of the molecule is [11CH3]c1cc(F)c2[nH]c(=O)n(C3CCN(C4CCOCC4)CC3)c2c1. The largest absolute Gasteiger partial charge is 0.381 e. The van der Waals surface area contributed by atoms with Crippen molar-refractivity contribution in [3.63, 3.8) is 0 Å². The van der Waals surface area contributed by atoms with Gasteiger partial charge in [-0.2, -0.15) is 0 Å². The predicted molar refractivity (Wildman–Crippen MR) is 90.9 cm³/mol. The maximum atomic E-state index is 14.1. The van der Waals surface area contributed by atoms with Crippen molar-refractivity contribution in [2.45, 2.75) is 44.7 Å². The number of aryl methyl sites for hydroxylation is 1. The van der Waals surface area contributed by atoms with Gasteiger partial charge in [0.15, 0.2) is 0 Å². The van der Waals surface area contributed by atoms with Gasteiger partial charge in [0.25, 0.3) is 0 Å². The normalized spacial score (nSPS) is 21.6. The van der Waals surface area contributed by atoms with E-state index in [1.165, 1.54) is 6.07 Å². The number of aromatic amines is 1. The topological polar surface area (TPSA) is 50.3 Å². The van der Waals surface area contributed by atoms with Gasteiger partial charge in [0.1, 0.15) is 11.3 Å². The second-order valence-electron chi connectivity index (χ2n) is 7.05. The quantitative estimate of drug-likeness (QED) is 0.920. The summed E-state index contributed by atoms with van der Waals surface area (Å²) in [5, 5.41) is 0. The minimum atomic E-state index is -0.347. The number of H-pyrrole nitrogens is 1. The summed E-state index contributed by atoms with van der Waals surface area (Å²) in [6.07, 6.45) is 4.06. The molecule has 5 nitrogen and oxygen atoms in total. The lowest BCUT2D eigenvalue weighted by atomic mass is 9.98. The van der Waals surface area contributed by atoms with Crippen LogP contribution < -0.4 is 5.69 Å². The molecule has 4 rings (SSSR count). The Bertz CT molecular complexity index is 783. The number of fused-ring (bicyclic) bond motifs is 1. The number of nitrogens with one attached hydrogen (secondary N) is 1. The maximum absolute atomic E-state index is 14.1. The molecule has 0 amide bonds. The van der Waals surface area contributed by atoms with Crippen LogP contribution in [0.1, 0.15) is 37.3 Å². The summed E-state index contributed by atoms with van der Waals surface area (Å²) in [7, 11) is 0. The highest BCUT2D eigenvalue weighted by atomic mass is 19.1. The standard InChI is InChI=1S/C18H24FN3O2/c1-12-10-15(19)17-16(11-12)22(18(23)20-17)14-2-6-21(7-3-14)13-4-8-24-9-5-13/h10-11,13-14H,2-9H2,1H3,(H,20,23)/i1-1. The summed E-state index contributed by atoms with van der Waals surface area (Å²) >= 11 is 0. The van der Waals surface area contributed by atoms with E-state index in [1.807, 2.05) is 13.0 Å². The first kappa shape index (κ1) is 15.8. The molecule has 2 fully saturated rings. The molecule has 0 unspecified atom stereocenters. The van der Waals surface area contributed by atoms with Crippen LogP contribution in [0.5, 0.6) is 0 Å². The molecule has 24 heavy (non-hydrogen) atoms. The van der Waals surface area contributed by atoms with Gasteiger partial charge in [0.2, 0.25) is 0 Å². The highest BCUT2D eigenvalue weighted by Crippen LogP contribution is 2.28. The molecule has 2 aliphatic rings.